The fourth-order valence-electron chi connectivity index (χ4n) is 1.41. The lowest BCUT2D eigenvalue weighted by atomic mass is 10.3. The van der Waals surface area contributed by atoms with Gasteiger partial charge in [0.05, 0.1) is 0 Å². The second-order valence-corrected chi connectivity index (χ2v) is 4.31. The molecule has 21 heavy (non-hydrogen) atoms. The maximum absolute atomic E-state index is 12.0. The number of ether oxygens (including phenoxy) is 2. The van der Waals surface area contributed by atoms with Gasteiger partial charge in [-0.3, -0.25) is 4.79 Å². The molecule has 1 amide bonds. The summed E-state index contributed by atoms with van der Waals surface area (Å²) in [5.74, 6) is -0.895. The third-order valence-electron chi connectivity index (χ3n) is 2.41. The SMILES string of the molecule is CCC(OCC(F)(F)F)N(C)C(=O)C(C)OCC(F)(F)F. The Bertz CT molecular complexity index is 331. The molecule has 0 bridgehead atoms. The van der Waals surface area contributed by atoms with Crippen LogP contribution in [0.15, 0.2) is 0 Å². The molecule has 0 aliphatic carbocycles. The lowest BCUT2D eigenvalue weighted by Crippen LogP contribution is -2.45. The molecule has 0 spiro atoms. The number of hydrogen-bond donors (Lipinski definition) is 0. The van der Waals surface area contributed by atoms with Crippen molar-refractivity contribution in [3.8, 4) is 0 Å². The first-order valence-corrected chi connectivity index (χ1v) is 6.00. The number of carbonyl (C=O) groups excluding carboxylic acids is 1. The van der Waals surface area contributed by atoms with E-state index >= 15 is 0 Å². The van der Waals surface area contributed by atoms with Gasteiger partial charge in [0.25, 0.3) is 5.91 Å². The van der Waals surface area contributed by atoms with E-state index in [9.17, 15) is 31.1 Å². The smallest absolute Gasteiger partial charge is 0.359 e. The molecular weight excluding hydrogens is 308 g/mol. The number of nitrogens with zero attached hydrogens (tertiary/aromatic N) is 1. The van der Waals surface area contributed by atoms with E-state index in [4.69, 9.17) is 0 Å². The average molecular weight is 325 g/mol. The van der Waals surface area contributed by atoms with E-state index in [0.29, 0.717) is 0 Å². The van der Waals surface area contributed by atoms with Crippen molar-refractivity contribution in [2.45, 2.75) is 45.0 Å². The van der Waals surface area contributed by atoms with Crippen molar-refractivity contribution >= 4 is 5.91 Å². The summed E-state index contributed by atoms with van der Waals surface area (Å²) in [5.41, 5.74) is 0. The molecule has 0 aromatic heterocycles. The van der Waals surface area contributed by atoms with Crippen LogP contribution in [0.2, 0.25) is 0 Å². The molecule has 0 aliphatic rings. The Morgan fingerprint density at radius 3 is 1.86 bits per heavy atom. The molecule has 10 heteroatoms. The van der Waals surface area contributed by atoms with E-state index in [-0.39, 0.29) is 6.42 Å². The van der Waals surface area contributed by atoms with Crippen molar-refractivity contribution < 1.29 is 40.6 Å². The van der Waals surface area contributed by atoms with Crippen LogP contribution in [0.5, 0.6) is 0 Å². The predicted molar refractivity (Wildman–Crippen MR) is 60.3 cm³/mol. The topological polar surface area (TPSA) is 38.8 Å². The number of alkyl halides is 6. The van der Waals surface area contributed by atoms with Crippen LogP contribution >= 0.6 is 0 Å². The second kappa shape index (κ2) is 7.83. The van der Waals surface area contributed by atoms with E-state index in [0.717, 1.165) is 18.9 Å². The fourth-order valence-corrected chi connectivity index (χ4v) is 1.41. The fraction of sp³-hybridized carbons (Fsp3) is 0.909. The summed E-state index contributed by atoms with van der Waals surface area (Å²) in [6, 6.07) is 0. The number of halogens is 6. The molecule has 0 N–H and O–H groups in total. The molecule has 2 atom stereocenters. The monoisotopic (exact) mass is 325 g/mol. The molecule has 2 unspecified atom stereocenters. The lowest BCUT2D eigenvalue weighted by Gasteiger charge is -2.29. The van der Waals surface area contributed by atoms with E-state index in [2.05, 4.69) is 9.47 Å². The van der Waals surface area contributed by atoms with Crippen LogP contribution in [0.1, 0.15) is 20.3 Å². The first-order valence-electron chi connectivity index (χ1n) is 6.00. The Hall–Kier alpha value is -1.03. The number of rotatable bonds is 7. The van der Waals surface area contributed by atoms with Gasteiger partial charge in [0.2, 0.25) is 0 Å². The molecule has 0 saturated carbocycles. The molecule has 4 nitrogen and oxygen atoms in total. The van der Waals surface area contributed by atoms with Gasteiger partial charge in [-0.25, -0.2) is 0 Å². The average Bonchev–Trinajstić information content (AvgIpc) is 2.33. The van der Waals surface area contributed by atoms with Gasteiger partial charge in [-0.2, -0.15) is 26.3 Å². The summed E-state index contributed by atoms with van der Waals surface area (Å²) in [4.78, 5) is 12.6. The summed E-state index contributed by atoms with van der Waals surface area (Å²) in [7, 11) is 1.14. The highest BCUT2D eigenvalue weighted by Crippen LogP contribution is 2.19. The summed E-state index contributed by atoms with van der Waals surface area (Å²) >= 11 is 0. The molecule has 0 fully saturated rings. The number of amides is 1. The molecule has 0 radical (unpaired) electrons. The maximum atomic E-state index is 12.0. The van der Waals surface area contributed by atoms with Gasteiger partial charge in [0.15, 0.2) is 0 Å². The van der Waals surface area contributed by atoms with Gasteiger partial charge in [0, 0.05) is 7.05 Å². The Morgan fingerprint density at radius 2 is 1.48 bits per heavy atom. The van der Waals surface area contributed by atoms with E-state index in [1.807, 2.05) is 0 Å². The zero-order chi connectivity index (χ0) is 16.8. The Kier molecular flexibility index (Phi) is 7.45. The zero-order valence-electron chi connectivity index (χ0n) is 11.7. The van der Waals surface area contributed by atoms with E-state index in [1.54, 1.807) is 0 Å². The van der Waals surface area contributed by atoms with Crippen LogP contribution in [-0.2, 0) is 14.3 Å². The molecule has 0 heterocycles. The third kappa shape index (κ3) is 8.76. The van der Waals surface area contributed by atoms with Crippen LogP contribution in [0, 0.1) is 0 Å². The second-order valence-electron chi connectivity index (χ2n) is 4.31. The van der Waals surface area contributed by atoms with Crippen LogP contribution in [0.25, 0.3) is 0 Å². The molecular formula is C11H17F6NO3. The minimum absolute atomic E-state index is 0.0459. The van der Waals surface area contributed by atoms with Crippen LogP contribution in [0.4, 0.5) is 26.3 Å². The molecule has 0 rings (SSSR count). The van der Waals surface area contributed by atoms with Crippen molar-refractivity contribution in [2.24, 2.45) is 0 Å². The maximum Gasteiger partial charge on any atom is 0.411 e. The highest BCUT2D eigenvalue weighted by molar-refractivity contribution is 5.80. The minimum atomic E-state index is -4.59. The molecule has 0 saturated heterocycles. The summed E-state index contributed by atoms with van der Waals surface area (Å²) < 4.78 is 80.9. The van der Waals surface area contributed by atoms with Gasteiger partial charge < -0.3 is 14.4 Å². The Morgan fingerprint density at radius 1 is 1.05 bits per heavy atom. The molecule has 0 aliphatic heterocycles. The van der Waals surface area contributed by atoms with Gasteiger partial charge in [-0.15, -0.1) is 0 Å². The lowest BCUT2D eigenvalue weighted by molar-refractivity contribution is -0.209. The minimum Gasteiger partial charge on any atom is -0.359 e. The van der Waals surface area contributed by atoms with Crippen molar-refractivity contribution in [3.63, 3.8) is 0 Å². The molecule has 126 valence electrons. The predicted octanol–water partition coefficient (Wildman–Crippen LogP) is 2.73. The largest absolute Gasteiger partial charge is 0.411 e. The van der Waals surface area contributed by atoms with Crippen molar-refractivity contribution in [1.82, 2.24) is 4.90 Å². The third-order valence-corrected chi connectivity index (χ3v) is 2.41. The summed E-state index contributed by atoms with van der Waals surface area (Å²) in [6.45, 7) is -0.609. The van der Waals surface area contributed by atoms with Crippen LogP contribution in [0.3, 0.4) is 0 Å². The first kappa shape index (κ1) is 20.0. The Balaban J connectivity index is 4.50. The standard InChI is InChI=1S/C11H17F6NO3/c1-4-8(21-6-11(15,16)17)18(3)9(19)7(2)20-5-10(12,13)14/h7-8H,4-6H2,1-3H3. The van der Waals surface area contributed by atoms with E-state index in [1.165, 1.54) is 6.92 Å². The van der Waals surface area contributed by atoms with Gasteiger partial charge in [-0.1, -0.05) is 6.92 Å². The zero-order valence-corrected chi connectivity index (χ0v) is 11.7. The quantitative estimate of drug-likeness (QED) is 0.534. The number of likely N-dealkylation sites (N-methyl/N-ethyl adjacent to an activating group) is 1. The molecule has 0 aromatic carbocycles. The van der Waals surface area contributed by atoms with Gasteiger partial charge >= 0.3 is 12.4 Å². The van der Waals surface area contributed by atoms with Crippen LogP contribution in [-0.4, -0.2) is 55.8 Å². The normalized spacial score (nSPS) is 15.7. The van der Waals surface area contributed by atoms with Gasteiger partial charge in [-0.05, 0) is 13.3 Å². The summed E-state index contributed by atoms with van der Waals surface area (Å²) in [5, 5.41) is 0. The summed E-state index contributed by atoms with van der Waals surface area (Å²) in [6.07, 6.45) is -11.7. The highest BCUT2D eigenvalue weighted by Gasteiger charge is 2.33. The van der Waals surface area contributed by atoms with E-state index < -0.39 is 43.8 Å². The number of hydrogen-bond acceptors (Lipinski definition) is 3. The number of carbonyl (C=O) groups is 1. The van der Waals surface area contributed by atoms with Gasteiger partial charge in [0.1, 0.15) is 25.5 Å². The van der Waals surface area contributed by atoms with Crippen LogP contribution < -0.4 is 0 Å². The Labute approximate surface area is 118 Å². The molecule has 0 aromatic rings. The highest BCUT2D eigenvalue weighted by atomic mass is 19.4. The van der Waals surface area contributed by atoms with Crippen molar-refractivity contribution in [1.29, 1.82) is 0 Å². The first-order chi connectivity index (χ1) is 9.37. The van der Waals surface area contributed by atoms with Crippen molar-refractivity contribution in [3.05, 3.63) is 0 Å². The van der Waals surface area contributed by atoms with Crippen molar-refractivity contribution in [2.75, 3.05) is 20.3 Å².